The van der Waals surface area contributed by atoms with Crippen molar-refractivity contribution in [3.63, 3.8) is 0 Å². The number of thiophene rings is 1. The van der Waals surface area contributed by atoms with Gasteiger partial charge in [0.05, 0.1) is 16.8 Å². The maximum absolute atomic E-state index is 12.6. The Balaban J connectivity index is 1.90. The summed E-state index contributed by atoms with van der Waals surface area (Å²) in [4.78, 5) is 18.6. The molecular weight excluding hydrogens is 332 g/mol. The lowest BCUT2D eigenvalue weighted by Crippen LogP contribution is -2.10. The van der Waals surface area contributed by atoms with Gasteiger partial charge in [0.15, 0.2) is 6.61 Å². The van der Waals surface area contributed by atoms with Crippen LogP contribution in [-0.4, -0.2) is 17.6 Å². The first kappa shape index (κ1) is 15.6. The Kier molecular flexibility index (Phi) is 4.04. The van der Waals surface area contributed by atoms with E-state index in [-0.39, 0.29) is 6.61 Å². The van der Waals surface area contributed by atoms with Crippen molar-refractivity contribution in [1.29, 1.82) is 5.26 Å². The number of nitrogens with zero attached hydrogens (tertiary/aromatic N) is 2. The van der Waals surface area contributed by atoms with Gasteiger partial charge in [0, 0.05) is 10.3 Å². The van der Waals surface area contributed by atoms with Crippen molar-refractivity contribution < 1.29 is 9.53 Å². The summed E-state index contributed by atoms with van der Waals surface area (Å²) >= 11 is 1.68. The maximum Gasteiger partial charge on any atom is 0.340 e. The molecule has 0 spiro atoms. The Morgan fingerprint density at radius 2 is 2.16 bits per heavy atom. The molecule has 0 saturated carbocycles. The van der Waals surface area contributed by atoms with Crippen LogP contribution in [0.1, 0.15) is 32.9 Å². The molecule has 2 heterocycles. The highest BCUT2D eigenvalue weighted by Crippen LogP contribution is 2.38. The summed E-state index contributed by atoms with van der Waals surface area (Å²) in [6.45, 7) is -0.248. The second-order valence-electron chi connectivity index (χ2n) is 5.75. The van der Waals surface area contributed by atoms with E-state index in [4.69, 9.17) is 15.0 Å². The van der Waals surface area contributed by atoms with Crippen LogP contribution in [0.5, 0.6) is 0 Å². The molecule has 1 aliphatic carbocycles. The van der Waals surface area contributed by atoms with E-state index in [1.807, 2.05) is 41.8 Å². The molecule has 5 heteroatoms. The number of pyridine rings is 1. The molecule has 3 aromatic rings. The van der Waals surface area contributed by atoms with Gasteiger partial charge in [0.25, 0.3) is 0 Å². The second-order valence-corrected chi connectivity index (χ2v) is 6.73. The molecule has 0 radical (unpaired) electrons. The molecule has 1 aliphatic rings. The number of aromatic nitrogens is 1. The highest BCUT2D eigenvalue weighted by molar-refractivity contribution is 7.10. The van der Waals surface area contributed by atoms with Crippen molar-refractivity contribution in [2.24, 2.45) is 0 Å². The van der Waals surface area contributed by atoms with Crippen molar-refractivity contribution in [3.05, 3.63) is 63.5 Å². The highest BCUT2D eigenvalue weighted by Gasteiger charge is 2.27. The first-order valence-corrected chi connectivity index (χ1v) is 8.86. The number of fused-ring (bicyclic) bond motifs is 2. The molecule has 2 aromatic heterocycles. The summed E-state index contributed by atoms with van der Waals surface area (Å²) in [5.74, 6) is -0.450. The molecule has 0 atom stereocenters. The summed E-state index contributed by atoms with van der Waals surface area (Å²) in [5, 5.41) is 11.5. The van der Waals surface area contributed by atoms with E-state index in [1.165, 1.54) is 4.88 Å². The van der Waals surface area contributed by atoms with E-state index in [0.717, 1.165) is 40.6 Å². The van der Waals surface area contributed by atoms with Gasteiger partial charge in [-0.3, -0.25) is 0 Å². The SMILES string of the molecule is N#CCOC(=O)c1c2c(nc3ccccc13)/C(=C/c1cccs1)CC2. The molecular formula is C20H14N2O2S. The zero-order valence-corrected chi connectivity index (χ0v) is 14.2. The van der Waals surface area contributed by atoms with Crippen LogP contribution >= 0.6 is 11.3 Å². The standard InChI is InChI=1S/C20H14N2O2S/c21-9-10-24-20(23)18-15-5-1-2-6-17(15)22-19-13(7-8-16(18)19)12-14-4-3-11-25-14/h1-6,11-12H,7-8,10H2/b13-12+. The van der Waals surface area contributed by atoms with E-state index in [0.29, 0.717) is 5.56 Å². The minimum absolute atomic E-state index is 0.248. The maximum atomic E-state index is 12.6. The van der Waals surface area contributed by atoms with Crippen molar-refractivity contribution in [3.8, 4) is 6.07 Å². The number of hydrogen-bond acceptors (Lipinski definition) is 5. The number of esters is 1. The third-order valence-corrected chi connectivity index (χ3v) is 5.09. The Labute approximate surface area is 149 Å². The molecule has 0 bridgehead atoms. The fourth-order valence-electron chi connectivity index (χ4n) is 3.23. The number of benzene rings is 1. The van der Waals surface area contributed by atoms with Crippen LogP contribution in [0.15, 0.2) is 41.8 Å². The van der Waals surface area contributed by atoms with Crippen LogP contribution in [0.2, 0.25) is 0 Å². The topological polar surface area (TPSA) is 63.0 Å². The van der Waals surface area contributed by atoms with Gasteiger partial charge in [-0.15, -0.1) is 11.3 Å². The largest absolute Gasteiger partial charge is 0.447 e. The number of para-hydroxylation sites is 1. The molecule has 0 amide bonds. The smallest absolute Gasteiger partial charge is 0.340 e. The van der Waals surface area contributed by atoms with Crippen LogP contribution in [0.3, 0.4) is 0 Å². The van der Waals surface area contributed by atoms with Crippen LogP contribution in [0.4, 0.5) is 0 Å². The fourth-order valence-corrected chi connectivity index (χ4v) is 3.91. The molecule has 4 nitrogen and oxygen atoms in total. The third kappa shape index (κ3) is 2.81. The summed E-state index contributed by atoms with van der Waals surface area (Å²) in [5.41, 5.74) is 4.24. The first-order valence-electron chi connectivity index (χ1n) is 7.98. The van der Waals surface area contributed by atoms with E-state index >= 15 is 0 Å². The molecule has 0 fully saturated rings. The molecule has 25 heavy (non-hydrogen) atoms. The molecule has 0 saturated heterocycles. The summed E-state index contributed by atoms with van der Waals surface area (Å²) in [6, 6.07) is 13.5. The van der Waals surface area contributed by atoms with Gasteiger partial charge in [0.2, 0.25) is 0 Å². The van der Waals surface area contributed by atoms with Gasteiger partial charge in [-0.2, -0.15) is 5.26 Å². The van der Waals surface area contributed by atoms with Crippen LogP contribution in [-0.2, 0) is 11.2 Å². The van der Waals surface area contributed by atoms with Crippen LogP contribution in [0.25, 0.3) is 22.6 Å². The molecule has 4 rings (SSSR count). The quantitative estimate of drug-likeness (QED) is 0.657. The predicted octanol–water partition coefficient (Wildman–Crippen LogP) is 4.46. The van der Waals surface area contributed by atoms with Gasteiger partial charge >= 0.3 is 5.97 Å². The summed E-state index contributed by atoms with van der Waals surface area (Å²) < 4.78 is 5.11. The van der Waals surface area contributed by atoms with E-state index < -0.39 is 5.97 Å². The molecule has 1 aromatic carbocycles. The zero-order valence-electron chi connectivity index (χ0n) is 13.4. The molecule has 0 unspecified atom stereocenters. The summed E-state index contributed by atoms with van der Waals surface area (Å²) in [6.07, 6.45) is 3.74. The molecule has 0 aliphatic heterocycles. The highest BCUT2D eigenvalue weighted by atomic mass is 32.1. The third-order valence-electron chi connectivity index (χ3n) is 4.27. The van der Waals surface area contributed by atoms with E-state index in [1.54, 1.807) is 11.3 Å². The second kappa shape index (κ2) is 6.50. The zero-order chi connectivity index (χ0) is 17.2. The van der Waals surface area contributed by atoms with Crippen LogP contribution < -0.4 is 0 Å². The molecule has 122 valence electrons. The Hall–Kier alpha value is -2.97. The fraction of sp³-hybridized carbons (Fsp3) is 0.150. The van der Waals surface area contributed by atoms with Gasteiger partial charge in [-0.25, -0.2) is 9.78 Å². The van der Waals surface area contributed by atoms with Crippen LogP contribution in [0, 0.1) is 11.3 Å². The lowest BCUT2D eigenvalue weighted by molar-refractivity contribution is 0.0556. The van der Waals surface area contributed by atoms with E-state index in [2.05, 4.69) is 12.1 Å². The van der Waals surface area contributed by atoms with Gasteiger partial charge in [-0.1, -0.05) is 24.3 Å². The number of rotatable bonds is 3. The number of hydrogen-bond donors (Lipinski definition) is 0. The van der Waals surface area contributed by atoms with Crippen molar-refractivity contribution in [1.82, 2.24) is 4.98 Å². The number of ether oxygens (including phenoxy) is 1. The summed E-state index contributed by atoms with van der Waals surface area (Å²) in [7, 11) is 0. The minimum Gasteiger partial charge on any atom is -0.447 e. The minimum atomic E-state index is -0.450. The monoisotopic (exact) mass is 346 g/mol. The number of allylic oxidation sites excluding steroid dienone is 1. The Bertz CT molecular complexity index is 1030. The van der Waals surface area contributed by atoms with Crippen molar-refractivity contribution in [2.45, 2.75) is 12.8 Å². The van der Waals surface area contributed by atoms with Gasteiger partial charge in [-0.05, 0) is 47.6 Å². The molecule has 0 N–H and O–H groups in total. The van der Waals surface area contributed by atoms with Crippen molar-refractivity contribution in [2.75, 3.05) is 6.61 Å². The Morgan fingerprint density at radius 3 is 2.96 bits per heavy atom. The van der Waals surface area contributed by atoms with Gasteiger partial charge < -0.3 is 4.74 Å². The van der Waals surface area contributed by atoms with E-state index in [9.17, 15) is 4.79 Å². The van der Waals surface area contributed by atoms with Gasteiger partial charge in [0.1, 0.15) is 6.07 Å². The average molecular weight is 346 g/mol. The number of carbonyl (C=O) groups excluding carboxylic acids is 1. The lowest BCUT2D eigenvalue weighted by Gasteiger charge is -2.11. The Morgan fingerprint density at radius 1 is 1.28 bits per heavy atom. The average Bonchev–Trinajstić information content (AvgIpc) is 3.28. The normalized spacial score (nSPS) is 14.4. The lowest BCUT2D eigenvalue weighted by atomic mass is 10.0. The van der Waals surface area contributed by atoms with Crippen molar-refractivity contribution >= 4 is 39.9 Å². The predicted molar refractivity (Wildman–Crippen MR) is 98.1 cm³/mol. The number of carbonyl (C=O) groups is 1. The first-order chi connectivity index (χ1) is 12.3. The number of nitriles is 1.